The zero-order valence-corrected chi connectivity index (χ0v) is 10.6. The Kier molecular flexibility index (Phi) is 3.36. The van der Waals surface area contributed by atoms with Crippen molar-refractivity contribution in [3.8, 4) is 0 Å². The number of benzene rings is 1. The normalized spacial score (nSPS) is 14.9. The van der Waals surface area contributed by atoms with E-state index in [1.807, 2.05) is 23.1 Å². The van der Waals surface area contributed by atoms with Gasteiger partial charge in [0, 0.05) is 24.3 Å². The van der Waals surface area contributed by atoms with Crippen molar-refractivity contribution in [1.82, 2.24) is 0 Å². The third kappa shape index (κ3) is 2.60. The fourth-order valence-corrected chi connectivity index (χ4v) is 2.34. The van der Waals surface area contributed by atoms with E-state index >= 15 is 0 Å². The lowest BCUT2D eigenvalue weighted by molar-refractivity contribution is -0.119. The first-order valence-corrected chi connectivity index (χ1v) is 6.26. The summed E-state index contributed by atoms with van der Waals surface area (Å²) in [6.07, 6.45) is 2.66. The van der Waals surface area contributed by atoms with Crippen LogP contribution in [0.15, 0.2) is 18.2 Å². The zero-order valence-electron chi connectivity index (χ0n) is 10.6. The molecule has 0 bridgehead atoms. The molecule has 92 valence electrons. The highest BCUT2D eigenvalue weighted by Crippen LogP contribution is 2.29. The van der Waals surface area contributed by atoms with Gasteiger partial charge in [-0.2, -0.15) is 0 Å². The maximum atomic E-state index is 12.2. The van der Waals surface area contributed by atoms with Crippen LogP contribution in [-0.2, 0) is 11.2 Å². The molecule has 3 nitrogen and oxygen atoms in total. The molecule has 17 heavy (non-hydrogen) atoms. The third-order valence-electron chi connectivity index (χ3n) is 3.11. The number of aryl methyl sites for hydroxylation is 1. The fraction of sp³-hybridized carbons (Fsp3) is 0.500. The highest BCUT2D eigenvalue weighted by Gasteiger charge is 2.22. The molecule has 0 aromatic heterocycles. The van der Waals surface area contributed by atoms with E-state index in [1.165, 1.54) is 5.56 Å². The first kappa shape index (κ1) is 12.0. The van der Waals surface area contributed by atoms with Crippen LogP contribution in [0.5, 0.6) is 0 Å². The van der Waals surface area contributed by atoms with Crippen LogP contribution in [0.4, 0.5) is 11.4 Å². The van der Waals surface area contributed by atoms with Crippen molar-refractivity contribution < 1.29 is 4.79 Å². The molecular weight excluding hydrogens is 212 g/mol. The number of hydrogen-bond acceptors (Lipinski definition) is 2. The van der Waals surface area contributed by atoms with Crippen molar-refractivity contribution in [2.75, 3.05) is 17.2 Å². The molecule has 0 aliphatic carbocycles. The predicted octanol–water partition coefficient (Wildman–Crippen LogP) is 2.59. The van der Waals surface area contributed by atoms with E-state index in [-0.39, 0.29) is 5.91 Å². The van der Waals surface area contributed by atoms with Crippen LogP contribution in [0.1, 0.15) is 32.3 Å². The molecule has 0 spiro atoms. The number of nitrogens with zero attached hydrogens (tertiary/aromatic N) is 1. The minimum Gasteiger partial charge on any atom is -0.399 e. The number of nitrogens with two attached hydrogens (primary N) is 1. The van der Waals surface area contributed by atoms with Crippen LogP contribution in [0, 0.1) is 5.92 Å². The Hall–Kier alpha value is -1.51. The fourth-order valence-electron chi connectivity index (χ4n) is 2.34. The summed E-state index contributed by atoms with van der Waals surface area (Å²) in [5, 5.41) is 0. The number of fused-ring (bicyclic) bond motifs is 1. The van der Waals surface area contributed by atoms with Crippen LogP contribution < -0.4 is 10.6 Å². The van der Waals surface area contributed by atoms with E-state index in [2.05, 4.69) is 13.8 Å². The van der Waals surface area contributed by atoms with E-state index < -0.39 is 0 Å². The molecule has 1 aliphatic heterocycles. The van der Waals surface area contributed by atoms with Crippen LogP contribution in [0.25, 0.3) is 0 Å². The number of hydrogen-bond donors (Lipinski definition) is 1. The molecule has 1 aromatic rings. The highest BCUT2D eigenvalue weighted by atomic mass is 16.2. The van der Waals surface area contributed by atoms with Crippen molar-refractivity contribution in [2.24, 2.45) is 5.92 Å². The summed E-state index contributed by atoms with van der Waals surface area (Å²) in [6.45, 7) is 4.99. The van der Waals surface area contributed by atoms with Gasteiger partial charge in [0.05, 0.1) is 0 Å². The largest absolute Gasteiger partial charge is 0.399 e. The minimum absolute atomic E-state index is 0.228. The second-order valence-corrected chi connectivity index (χ2v) is 5.14. The van der Waals surface area contributed by atoms with E-state index in [0.717, 1.165) is 30.8 Å². The van der Waals surface area contributed by atoms with Gasteiger partial charge in [-0.25, -0.2) is 0 Å². The first-order chi connectivity index (χ1) is 8.08. The van der Waals surface area contributed by atoms with Crippen molar-refractivity contribution >= 4 is 17.3 Å². The first-order valence-electron chi connectivity index (χ1n) is 6.26. The number of carbonyl (C=O) groups is 1. The number of anilines is 2. The molecular formula is C14H20N2O. The number of carbonyl (C=O) groups excluding carboxylic acids is 1. The highest BCUT2D eigenvalue weighted by molar-refractivity contribution is 5.94. The van der Waals surface area contributed by atoms with Crippen molar-refractivity contribution in [3.63, 3.8) is 0 Å². The summed E-state index contributed by atoms with van der Waals surface area (Å²) < 4.78 is 0. The van der Waals surface area contributed by atoms with Crippen LogP contribution in [0.3, 0.4) is 0 Å². The van der Waals surface area contributed by atoms with E-state index in [1.54, 1.807) is 0 Å². The number of amides is 1. The lowest BCUT2D eigenvalue weighted by atomic mass is 9.99. The Morgan fingerprint density at radius 1 is 1.47 bits per heavy atom. The molecule has 2 N–H and O–H groups in total. The van der Waals surface area contributed by atoms with Crippen LogP contribution in [-0.4, -0.2) is 12.5 Å². The van der Waals surface area contributed by atoms with Gasteiger partial charge in [-0.15, -0.1) is 0 Å². The molecule has 0 fully saturated rings. The van der Waals surface area contributed by atoms with E-state index in [9.17, 15) is 4.79 Å². The second kappa shape index (κ2) is 4.78. The quantitative estimate of drug-likeness (QED) is 0.797. The summed E-state index contributed by atoms with van der Waals surface area (Å²) in [5.74, 6) is 0.632. The van der Waals surface area contributed by atoms with Gasteiger partial charge in [0.1, 0.15) is 0 Å². The molecule has 1 heterocycles. The topological polar surface area (TPSA) is 46.3 Å². The van der Waals surface area contributed by atoms with Crippen LogP contribution >= 0.6 is 0 Å². The molecule has 3 heteroatoms. The van der Waals surface area contributed by atoms with Gasteiger partial charge >= 0.3 is 0 Å². The summed E-state index contributed by atoms with van der Waals surface area (Å²) in [7, 11) is 0. The predicted molar refractivity (Wildman–Crippen MR) is 71.0 cm³/mol. The minimum atomic E-state index is 0.228. The molecule has 0 atom stereocenters. The van der Waals surface area contributed by atoms with E-state index in [4.69, 9.17) is 5.73 Å². The maximum Gasteiger partial charge on any atom is 0.227 e. The molecule has 1 aromatic carbocycles. The Labute approximate surface area is 103 Å². The average Bonchev–Trinajstić information content (AvgIpc) is 2.26. The smallest absolute Gasteiger partial charge is 0.227 e. The summed E-state index contributed by atoms with van der Waals surface area (Å²) in [5.41, 5.74) is 8.81. The monoisotopic (exact) mass is 232 g/mol. The maximum absolute atomic E-state index is 12.2. The van der Waals surface area contributed by atoms with E-state index in [0.29, 0.717) is 12.3 Å². The van der Waals surface area contributed by atoms with Crippen molar-refractivity contribution in [3.05, 3.63) is 23.8 Å². The molecule has 0 unspecified atom stereocenters. The van der Waals surface area contributed by atoms with Gasteiger partial charge in [0.2, 0.25) is 5.91 Å². The molecule has 0 saturated carbocycles. The zero-order chi connectivity index (χ0) is 12.4. The molecule has 0 saturated heterocycles. The Morgan fingerprint density at radius 3 is 2.94 bits per heavy atom. The number of rotatable bonds is 2. The number of nitrogen functional groups attached to an aromatic ring is 1. The molecule has 1 amide bonds. The van der Waals surface area contributed by atoms with Crippen molar-refractivity contribution in [2.45, 2.75) is 33.1 Å². The third-order valence-corrected chi connectivity index (χ3v) is 3.11. The molecule has 2 rings (SSSR count). The van der Waals surface area contributed by atoms with Crippen LogP contribution in [0.2, 0.25) is 0 Å². The summed E-state index contributed by atoms with van der Waals surface area (Å²) >= 11 is 0. The Bertz CT molecular complexity index is 426. The summed E-state index contributed by atoms with van der Waals surface area (Å²) in [6, 6.07) is 5.84. The Balaban J connectivity index is 2.25. The van der Waals surface area contributed by atoms with Gasteiger partial charge in [0.15, 0.2) is 0 Å². The SMILES string of the molecule is CC(C)CC(=O)N1CCCc2cc(N)ccc21. The molecule has 1 aliphatic rings. The van der Waals surface area contributed by atoms with Gasteiger partial charge in [-0.1, -0.05) is 13.8 Å². The van der Waals surface area contributed by atoms with Crippen molar-refractivity contribution in [1.29, 1.82) is 0 Å². The molecule has 0 radical (unpaired) electrons. The standard InChI is InChI=1S/C14H20N2O/c1-10(2)8-14(17)16-7-3-4-11-9-12(15)5-6-13(11)16/h5-6,9-10H,3-4,7-8,15H2,1-2H3. The van der Waals surface area contributed by atoms with Gasteiger partial charge < -0.3 is 10.6 Å². The average molecular weight is 232 g/mol. The van der Waals surface area contributed by atoms with Gasteiger partial charge in [-0.05, 0) is 42.5 Å². The lowest BCUT2D eigenvalue weighted by Crippen LogP contribution is -2.36. The Morgan fingerprint density at radius 2 is 2.24 bits per heavy atom. The second-order valence-electron chi connectivity index (χ2n) is 5.14. The lowest BCUT2D eigenvalue weighted by Gasteiger charge is -2.30. The van der Waals surface area contributed by atoms with Gasteiger partial charge in [0.25, 0.3) is 0 Å². The van der Waals surface area contributed by atoms with Gasteiger partial charge in [-0.3, -0.25) is 4.79 Å². The summed E-state index contributed by atoms with van der Waals surface area (Å²) in [4.78, 5) is 14.1.